The Morgan fingerprint density at radius 2 is 0.833 bits per heavy atom. The van der Waals surface area contributed by atoms with Crippen molar-refractivity contribution in [2.24, 2.45) is 10.2 Å². The van der Waals surface area contributed by atoms with Crippen LogP contribution in [0, 0.1) is 0 Å². The van der Waals surface area contributed by atoms with Crippen molar-refractivity contribution in [1.29, 1.82) is 0 Å². The molecule has 0 atom stereocenters. The Labute approximate surface area is 193 Å². The van der Waals surface area contributed by atoms with Crippen LogP contribution in [-0.2, 0) is 0 Å². The number of unbranched alkanes of at least 4 members (excludes halogenated alkanes) is 18. The fourth-order valence-corrected chi connectivity index (χ4v) is 3.56. The highest BCUT2D eigenvalue weighted by Gasteiger charge is 1.93. The Bertz CT molecular complexity index is 374. The van der Waals surface area contributed by atoms with Crippen molar-refractivity contribution in [3.63, 3.8) is 0 Å². The van der Waals surface area contributed by atoms with E-state index in [2.05, 4.69) is 34.9 Å². The first kappa shape index (κ1) is 29.0. The minimum absolute atomic E-state index is 0.460. The predicted molar refractivity (Wildman–Crippen MR) is 140 cm³/mol. The van der Waals surface area contributed by atoms with Crippen molar-refractivity contribution in [3.8, 4) is 0 Å². The van der Waals surface area contributed by atoms with E-state index in [1.54, 1.807) is 0 Å². The Kier molecular flexibility index (Phi) is 25.2. The van der Waals surface area contributed by atoms with Gasteiger partial charge in [-0.1, -0.05) is 117 Å². The molecule has 4 nitrogen and oxygen atoms in total. The second-order valence-electron chi connectivity index (χ2n) is 8.41. The van der Waals surface area contributed by atoms with E-state index >= 15 is 0 Å². The van der Waals surface area contributed by atoms with Crippen LogP contribution in [0.1, 0.15) is 142 Å². The molecular weight excluding hydrogens is 388 g/mol. The lowest BCUT2D eigenvalue weighted by Crippen LogP contribution is -2.28. The molecule has 0 unspecified atom stereocenters. The normalized spacial score (nSPS) is 11.5. The van der Waals surface area contributed by atoms with Gasteiger partial charge in [-0.3, -0.25) is 10.9 Å². The summed E-state index contributed by atoms with van der Waals surface area (Å²) in [5, 5.41) is 8.78. The van der Waals surface area contributed by atoms with E-state index in [0.717, 1.165) is 12.8 Å². The van der Waals surface area contributed by atoms with Crippen molar-refractivity contribution in [1.82, 2.24) is 10.9 Å². The third-order valence-electron chi connectivity index (χ3n) is 5.39. The Morgan fingerprint density at radius 3 is 1.17 bits per heavy atom. The third kappa shape index (κ3) is 25.1. The fraction of sp³-hybridized carbons (Fsp3) is 0.880. The van der Waals surface area contributed by atoms with Gasteiger partial charge in [0.15, 0.2) is 0 Å². The van der Waals surface area contributed by atoms with Crippen LogP contribution in [0.25, 0.3) is 0 Å². The van der Waals surface area contributed by atoms with E-state index in [0.29, 0.717) is 5.11 Å². The molecule has 5 heteroatoms. The van der Waals surface area contributed by atoms with Gasteiger partial charge >= 0.3 is 0 Å². The summed E-state index contributed by atoms with van der Waals surface area (Å²) < 4.78 is 0. The summed E-state index contributed by atoms with van der Waals surface area (Å²) in [5.41, 5.74) is 5.66. The molecule has 176 valence electrons. The van der Waals surface area contributed by atoms with Crippen LogP contribution < -0.4 is 10.9 Å². The molecular formula is C25H50N4S. The number of hydrazone groups is 2. The standard InChI is InChI=1S/C25H50N4S/c1-3-5-7-9-11-13-15-17-19-21-23-26-28-25(30)29-27-24-22-20-18-16-14-12-10-8-6-4-2/h23-24H,3-22H2,1-2H3,(H2,28,29,30)/b26-23-,27-24-. The molecule has 0 saturated carbocycles. The Balaban J connectivity index is 3.32. The van der Waals surface area contributed by atoms with Gasteiger partial charge in [0.25, 0.3) is 0 Å². The summed E-state index contributed by atoms with van der Waals surface area (Å²) >= 11 is 5.16. The van der Waals surface area contributed by atoms with Crippen molar-refractivity contribution >= 4 is 29.8 Å². The van der Waals surface area contributed by atoms with Crippen LogP contribution in [0.4, 0.5) is 0 Å². The van der Waals surface area contributed by atoms with Crippen LogP contribution in [0.15, 0.2) is 10.2 Å². The lowest BCUT2D eigenvalue weighted by Gasteiger charge is -2.02. The van der Waals surface area contributed by atoms with Crippen LogP contribution >= 0.6 is 12.2 Å². The lowest BCUT2D eigenvalue weighted by molar-refractivity contribution is 0.568. The topological polar surface area (TPSA) is 48.8 Å². The smallest absolute Gasteiger partial charge is 0.207 e. The van der Waals surface area contributed by atoms with Crippen molar-refractivity contribution in [2.75, 3.05) is 0 Å². The average Bonchev–Trinajstić information content (AvgIpc) is 2.75. The SMILES string of the molecule is CCCCCCCCCCC/C=N\NC(=S)N/N=C\CCCCCCCCCCC. The summed E-state index contributed by atoms with van der Waals surface area (Å²) in [4.78, 5) is 0. The van der Waals surface area contributed by atoms with E-state index in [4.69, 9.17) is 12.2 Å². The Morgan fingerprint density at radius 1 is 0.533 bits per heavy atom. The minimum Gasteiger partial charge on any atom is -0.253 e. The molecule has 0 aromatic heterocycles. The summed E-state index contributed by atoms with van der Waals surface area (Å²) in [5.74, 6) is 0. The van der Waals surface area contributed by atoms with E-state index in [1.165, 1.54) is 116 Å². The zero-order valence-corrected chi connectivity index (χ0v) is 20.9. The molecule has 0 saturated heterocycles. The van der Waals surface area contributed by atoms with Crippen LogP contribution in [0.5, 0.6) is 0 Å². The quantitative estimate of drug-likeness (QED) is 0.0773. The van der Waals surface area contributed by atoms with Gasteiger partial charge < -0.3 is 0 Å². The highest BCUT2D eigenvalue weighted by Crippen LogP contribution is 2.10. The predicted octanol–water partition coefficient (Wildman–Crippen LogP) is 8.26. The summed E-state index contributed by atoms with van der Waals surface area (Å²) in [6.45, 7) is 4.54. The zero-order valence-electron chi connectivity index (χ0n) is 20.1. The maximum atomic E-state index is 5.16. The lowest BCUT2D eigenvalue weighted by atomic mass is 10.1. The molecule has 0 aliphatic carbocycles. The third-order valence-corrected chi connectivity index (χ3v) is 5.57. The second kappa shape index (κ2) is 26.1. The number of rotatable bonds is 22. The summed E-state index contributed by atoms with van der Waals surface area (Å²) in [7, 11) is 0. The molecule has 0 rings (SSSR count). The molecule has 0 aliphatic heterocycles. The highest BCUT2D eigenvalue weighted by molar-refractivity contribution is 7.80. The van der Waals surface area contributed by atoms with Crippen molar-refractivity contribution in [2.45, 2.75) is 142 Å². The van der Waals surface area contributed by atoms with Gasteiger partial charge in [-0.05, 0) is 37.9 Å². The molecule has 30 heavy (non-hydrogen) atoms. The zero-order chi connectivity index (χ0) is 22.0. The molecule has 0 heterocycles. The molecule has 0 fully saturated rings. The summed E-state index contributed by atoms with van der Waals surface area (Å²) in [6, 6.07) is 0. The van der Waals surface area contributed by atoms with E-state index < -0.39 is 0 Å². The van der Waals surface area contributed by atoms with Gasteiger partial charge in [0.05, 0.1) is 0 Å². The average molecular weight is 439 g/mol. The highest BCUT2D eigenvalue weighted by atomic mass is 32.1. The first-order chi connectivity index (χ1) is 14.8. The van der Waals surface area contributed by atoms with Gasteiger partial charge in [-0.2, -0.15) is 10.2 Å². The number of thiocarbonyl (C=S) groups is 1. The summed E-state index contributed by atoms with van der Waals surface area (Å²) in [6.07, 6.45) is 30.2. The molecule has 0 amide bonds. The van der Waals surface area contributed by atoms with Crippen LogP contribution in [-0.4, -0.2) is 17.5 Å². The van der Waals surface area contributed by atoms with Crippen molar-refractivity contribution < 1.29 is 0 Å². The molecule has 2 N–H and O–H groups in total. The largest absolute Gasteiger partial charge is 0.253 e. The number of hydrogen-bond donors (Lipinski definition) is 2. The maximum Gasteiger partial charge on any atom is 0.207 e. The first-order valence-corrected chi connectivity index (χ1v) is 13.3. The molecule has 0 aromatic carbocycles. The van der Waals surface area contributed by atoms with E-state index in [9.17, 15) is 0 Å². The van der Waals surface area contributed by atoms with Crippen molar-refractivity contribution in [3.05, 3.63) is 0 Å². The number of nitrogens with zero attached hydrogens (tertiary/aromatic N) is 2. The number of hydrogen-bond acceptors (Lipinski definition) is 3. The van der Waals surface area contributed by atoms with Gasteiger partial charge in [-0.25, -0.2) is 0 Å². The van der Waals surface area contributed by atoms with Gasteiger partial charge in [0, 0.05) is 12.4 Å². The monoisotopic (exact) mass is 438 g/mol. The van der Waals surface area contributed by atoms with Crippen LogP contribution in [0.3, 0.4) is 0 Å². The Hall–Kier alpha value is -0.970. The van der Waals surface area contributed by atoms with Crippen LogP contribution in [0.2, 0.25) is 0 Å². The molecule has 0 radical (unpaired) electrons. The first-order valence-electron chi connectivity index (χ1n) is 12.9. The maximum absolute atomic E-state index is 5.16. The molecule has 0 spiro atoms. The van der Waals surface area contributed by atoms with Gasteiger partial charge in [0.2, 0.25) is 5.11 Å². The van der Waals surface area contributed by atoms with Gasteiger partial charge in [-0.15, -0.1) is 0 Å². The fourth-order valence-electron chi connectivity index (χ4n) is 3.46. The van der Waals surface area contributed by atoms with Gasteiger partial charge in [0.1, 0.15) is 0 Å². The molecule has 0 bridgehead atoms. The minimum atomic E-state index is 0.460. The number of nitrogens with one attached hydrogen (secondary N) is 2. The van der Waals surface area contributed by atoms with E-state index in [-0.39, 0.29) is 0 Å². The second-order valence-corrected chi connectivity index (χ2v) is 8.82. The molecule has 0 aromatic rings. The molecule has 0 aliphatic rings. The van der Waals surface area contributed by atoms with E-state index in [1.807, 2.05) is 12.4 Å².